The van der Waals surface area contributed by atoms with E-state index in [1.807, 2.05) is 11.8 Å². The lowest BCUT2D eigenvalue weighted by molar-refractivity contribution is -0.384. The van der Waals surface area contributed by atoms with Crippen LogP contribution in [-0.4, -0.2) is 34.1 Å². The summed E-state index contributed by atoms with van der Waals surface area (Å²) in [6, 6.07) is 16.1. The molecule has 2 saturated heterocycles. The van der Waals surface area contributed by atoms with E-state index < -0.39 is 39.9 Å². The average Bonchev–Trinajstić information content (AvgIpc) is 3.56. The van der Waals surface area contributed by atoms with Crippen LogP contribution in [0, 0.1) is 23.0 Å². The molecule has 0 aromatic heterocycles. The third kappa shape index (κ3) is 3.61. The molecule has 3 heterocycles. The lowest BCUT2D eigenvalue weighted by Gasteiger charge is -2.37. The molecule has 3 unspecified atom stereocenters. The first-order valence-corrected chi connectivity index (χ1v) is 12.7. The van der Waals surface area contributed by atoms with Crippen molar-refractivity contribution in [3.63, 3.8) is 0 Å². The number of Topliss-reactive ketones (excluding diaryl/α,β-unsaturated/α-hetero) is 1. The Morgan fingerprint density at radius 2 is 1.82 bits per heavy atom. The van der Waals surface area contributed by atoms with E-state index in [1.54, 1.807) is 30.3 Å². The topological polar surface area (TPSA) is 92.5 Å². The molecule has 0 radical (unpaired) electrons. The van der Waals surface area contributed by atoms with Crippen LogP contribution in [-0.2, 0) is 16.5 Å². The van der Waals surface area contributed by atoms with Gasteiger partial charge in [-0.25, -0.2) is 0 Å². The number of nitro benzene ring substituents is 1. The summed E-state index contributed by atoms with van der Waals surface area (Å²) in [5, 5.41) is 14.1. The number of nitro groups is 1. The Kier molecular flexibility index (Phi) is 5.65. The lowest BCUT2D eigenvalue weighted by atomic mass is 9.68. The van der Waals surface area contributed by atoms with Crippen LogP contribution in [0.4, 0.5) is 24.5 Å². The number of nitrogens with one attached hydrogen (secondary N) is 1. The predicted octanol–water partition coefficient (Wildman–Crippen LogP) is 5.83. The third-order valence-corrected chi connectivity index (χ3v) is 8.43. The Balaban J connectivity index is 1.63. The van der Waals surface area contributed by atoms with Gasteiger partial charge in [0.25, 0.3) is 5.69 Å². The van der Waals surface area contributed by atoms with Crippen LogP contribution in [0.25, 0.3) is 0 Å². The number of carbonyl (C=O) groups is 2. The number of non-ortho nitro benzene ring substituents is 1. The third-order valence-electron chi connectivity index (χ3n) is 8.43. The van der Waals surface area contributed by atoms with Crippen molar-refractivity contribution < 1.29 is 27.7 Å². The van der Waals surface area contributed by atoms with Crippen molar-refractivity contribution in [2.75, 3.05) is 11.9 Å². The fraction of sp³-hybridized carbons (Fsp3) is 0.310. The molecule has 2 fully saturated rings. The number of amides is 1. The number of nitrogens with zero attached hydrogens (tertiary/aromatic N) is 2. The first-order valence-electron chi connectivity index (χ1n) is 12.7. The van der Waals surface area contributed by atoms with E-state index in [4.69, 9.17) is 0 Å². The van der Waals surface area contributed by atoms with Crippen LogP contribution in [0.5, 0.6) is 0 Å². The molecule has 7 nitrogen and oxygen atoms in total. The molecule has 3 aromatic carbocycles. The normalized spacial score (nSPS) is 25.9. The average molecular weight is 536 g/mol. The van der Waals surface area contributed by atoms with E-state index in [0.717, 1.165) is 11.6 Å². The Hall–Kier alpha value is -4.05. The van der Waals surface area contributed by atoms with Crippen LogP contribution < -0.4 is 5.32 Å². The Bertz CT molecular complexity index is 1520. The lowest BCUT2D eigenvalue weighted by Crippen LogP contribution is -2.52. The first kappa shape index (κ1) is 25.2. The number of benzene rings is 3. The smallest absolute Gasteiger partial charge is 0.323 e. The fourth-order valence-electron chi connectivity index (χ4n) is 6.94. The van der Waals surface area contributed by atoms with Gasteiger partial charge in [-0.3, -0.25) is 24.6 Å². The molecular formula is C29H24F3N3O4. The monoisotopic (exact) mass is 535 g/mol. The molecule has 6 rings (SSSR count). The van der Waals surface area contributed by atoms with E-state index in [0.29, 0.717) is 30.5 Å². The number of rotatable bonds is 4. The number of aryl methyl sites for hydroxylation is 1. The molecule has 39 heavy (non-hydrogen) atoms. The van der Waals surface area contributed by atoms with Crippen molar-refractivity contribution in [1.82, 2.24) is 4.90 Å². The van der Waals surface area contributed by atoms with Crippen LogP contribution in [0.2, 0.25) is 0 Å². The zero-order valence-electron chi connectivity index (χ0n) is 20.9. The van der Waals surface area contributed by atoms with Crippen molar-refractivity contribution in [3.05, 3.63) is 105 Å². The maximum absolute atomic E-state index is 14.4. The molecule has 0 saturated carbocycles. The van der Waals surface area contributed by atoms with Crippen molar-refractivity contribution in [3.8, 4) is 0 Å². The van der Waals surface area contributed by atoms with Crippen molar-refractivity contribution >= 4 is 23.1 Å². The summed E-state index contributed by atoms with van der Waals surface area (Å²) in [6.07, 6.45) is -3.46. The van der Waals surface area contributed by atoms with Gasteiger partial charge >= 0.3 is 6.18 Å². The first-order chi connectivity index (χ1) is 18.5. The van der Waals surface area contributed by atoms with Crippen LogP contribution >= 0.6 is 0 Å². The molecule has 200 valence electrons. The molecule has 1 N–H and O–H groups in total. The number of para-hydroxylation sites is 1. The SMILES string of the molecule is Cc1ccc(C(=O)C2C(c3cccc([N+](=O)[O-])c3)C3CCCN3[C@@]23C(=O)Nc2c(C(F)(F)F)cccc23)cc1. The van der Waals surface area contributed by atoms with E-state index in [2.05, 4.69) is 5.32 Å². The summed E-state index contributed by atoms with van der Waals surface area (Å²) in [5.74, 6) is -2.84. The summed E-state index contributed by atoms with van der Waals surface area (Å²) < 4.78 is 42.1. The molecule has 0 bridgehead atoms. The van der Waals surface area contributed by atoms with Crippen LogP contribution in [0.15, 0.2) is 66.7 Å². The highest BCUT2D eigenvalue weighted by molar-refractivity contribution is 6.13. The Labute approximate surface area is 221 Å². The van der Waals surface area contributed by atoms with E-state index in [9.17, 15) is 32.9 Å². The van der Waals surface area contributed by atoms with E-state index in [1.165, 1.54) is 30.3 Å². The van der Waals surface area contributed by atoms with Gasteiger partial charge in [0.1, 0.15) is 5.54 Å². The molecule has 3 aromatic rings. The van der Waals surface area contributed by atoms with Gasteiger partial charge in [0.15, 0.2) is 5.78 Å². The summed E-state index contributed by atoms with van der Waals surface area (Å²) in [4.78, 5) is 41.4. The number of hydrogen-bond donors (Lipinski definition) is 1. The maximum Gasteiger partial charge on any atom is 0.418 e. The second kappa shape index (κ2) is 8.74. The standard InChI is InChI=1S/C29H24F3N3O4/c1-16-10-12-17(13-11-16)26(36)24-23(18-5-2-6-19(15-18)35(38)39)22-9-4-14-34(22)28(24)20-7-3-8-21(29(30,31)32)25(20)33-27(28)37/h2-3,5-8,10-13,15,22-24H,4,9,14H2,1H3,(H,33,37)/t22?,23?,24?,28-/m1/s1. The van der Waals surface area contributed by atoms with Crippen LogP contribution in [0.1, 0.15) is 51.4 Å². The van der Waals surface area contributed by atoms with Gasteiger partial charge < -0.3 is 5.32 Å². The van der Waals surface area contributed by atoms with Gasteiger partial charge in [0, 0.05) is 35.2 Å². The number of anilines is 1. The molecule has 3 aliphatic heterocycles. The second-order valence-electron chi connectivity index (χ2n) is 10.4. The number of ketones is 1. The van der Waals surface area contributed by atoms with Gasteiger partial charge in [-0.1, -0.05) is 54.1 Å². The minimum Gasteiger partial charge on any atom is -0.323 e. The highest BCUT2D eigenvalue weighted by atomic mass is 19.4. The van der Waals surface area contributed by atoms with Gasteiger partial charge in [0.2, 0.25) is 5.91 Å². The minimum absolute atomic E-state index is 0.118. The largest absolute Gasteiger partial charge is 0.418 e. The number of fused-ring (bicyclic) bond motifs is 4. The van der Waals surface area contributed by atoms with Crippen molar-refractivity contribution in [1.29, 1.82) is 0 Å². The van der Waals surface area contributed by atoms with Gasteiger partial charge in [-0.05, 0) is 37.9 Å². The van der Waals surface area contributed by atoms with Gasteiger partial charge in [-0.15, -0.1) is 0 Å². The number of halogens is 3. The maximum atomic E-state index is 14.4. The highest BCUT2D eigenvalue weighted by Gasteiger charge is 2.70. The zero-order chi connectivity index (χ0) is 27.7. The molecule has 3 aliphatic rings. The van der Waals surface area contributed by atoms with Crippen LogP contribution in [0.3, 0.4) is 0 Å². The van der Waals surface area contributed by atoms with Crippen molar-refractivity contribution in [2.24, 2.45) is 5.92 Å². The number of carbonyl (C=O) groups excluding carboxylic acids is 2. The minimum atomic E-state index is -4.72. The Morgan fingerprint density at radius 1 is 1.10 bits per heavy atom. The quantitative estimate of drug-likeness (QED) is 0.258. The second-order valence-corrected chi connectivity index (χ2v) is 10.4. The fourth-order valence-corrected chi connectivity index (χ4v) is 6.94. The molecule has 0 aliphatic carbocycles. The van der Waals surface area contributed by atoms with Crippen molar-refractivity contribution in [2.45, 2.75) is 43.4 Å². The zero-order valence-corrected chi connectivity index (χ0v) is 20.9. The summed E-state index contributed by atoms with van der Waals surface area (Å²) >= 11 is 0. The predicted molar refractivity (Wildman–Crippen MR) is 136 cm³/mol. The summed E-state index contributed by atoms with van der Waals surface area (Å²) in [6.45, 7) is 2.27. The van der Waals surface area contributed by atoms with E-state index >= 15 is 0 Å². The summed E-state index contributed by atoms with van der Waals surface area (Å²) in [7, 11) is 0. The molecule has 10 heteroatoms. The number of hydrogen-bond acceptors (Lipinski definition) is 5. The van der Waals surface area contributed by atoms with E-state index in [-0.39, 0.29) is 28.8 Å². The van der Waals surface area contributed by atoms with Gasteiger partial charge in [-0.2, -0.15) is 13.2 Å². The van der Waals surface area contributed by atoms with Gasteiger partial charge in [0.05, 0.1) is 22.1 Å². The molecular weight excluding hydrogens is 511 g/mol. The molecule has 4 atom stereocenters. The Morgan fingerprint density at radius 3 is 2.51 bits per heavy atom. The number of alkyl halides is 3. The highest BCUT2D eigenvalue weighted by Crippen LogP contribution is 2.62. The molecule has 1 amide bonds. The molecule has 1 spiro atoms. The summed E-state index contributed by atoms with van der Waals surface area (Å²) in [5.41, 5.74) is -1.28.